The van der Waals surface area contributed by atoms with Gasteiger partial charge in [0.25, 0.3) is 0 Å². The highest BCUT2D eigenvalue weighted by Gasteiger charge is 2.31. The minimum Gasteiger partial charge on any atom is -0.493 e. The number of rotatable bonds is 10. The molecule has 2 rings (SSSR count). The topological polar surface area (TPSA) is 48.0 Å². The van der Waals surface area contributed by atoms with Crippen molar-refractivity contribution in [3.05, 3.63) is 17.7 Å². The average molecular weight is 335 g/mol. The first-order valence-electron chi connectivity index (χ1n) is 8.72. The van der Waals surface area contributed by atoms with Crippen LogP contribution in [0.3, 0.4) is 0 Å². The molecule has 0 radical (unpaired) electrons. The average Bonchev–Trinajstić information content (AvgIpc) is 3.43. The maximum Gasteiger partial charge on any atom is 0.222 e. The Balaban J connectivity index is 2.07. The highest BCUT2D eigenvalue weighted by atomic mass is 16.5. The Kier molecular flexibility index (Phi) is 6.76. The molecule has 1 fully saturated rings. The molecule has 1 aliphatic carbocycles. The van der Waals surface area contributed by atoms with Crippen LogP contribution in [0.15, 0.2) is 12.1 Å². The maximum atomic E-state index is 12.4. The molecule has 1 aromatic rings. The van der Waals surface area contributed by atoms with Crippen molar-refractivity contribution in [3.63, 3.8) is 0 Å². The van der Waals surface area contributed by atoms with E-state index >= 15 is 0 Å². The molecule has 0 bridgehead atoms. The van der Waals surface area contributed by atoms with Crippen molar-refractivity contribution in [2.75, 3.05) is 27.9 Å². The third-order valence-corrected chi connectivity index (χ3v) is 4.42. The van der Waals surface area contributed by atoms with Crippen molar-refractivity contribution in [1.82, 2.24) is 4.90 Å². The zero-order chi connectivity index (χ0) is 17.5. The number of benzene rings is 1. The molecule has 0 unspecified atom stereocenters. The lowest BCUT2D eigenvalue weighted by molar-refractivity contribution is -0.131. The molecule has 1 amide bonds. The number of hydrogen-bond acceptors (Lipinski definition) is 4. The van der Waals surface area contributed by atoms with E-state index in [0.29, 0.717) is 29.7 Å². The lowest BCUT2D eigenvalue weighted by atomic mass is 10.1. The fraction of sp³-hybridized carbons (Fsp3) is 0.632. The molecular formula is C19H29NO4. The van der Waals surface area contributed by atoms with Gasteiger partial charge in [-0.05, 0) is 43.4 Å². The van der Waals surface area contributed by atoms with Gasteiger partial charge in [0.05, 0.1) is 21.3 Å². The minimum atomic E-state index is 0.284. The summed E-state index contributed by atoms with van der Waals surface area (Å²) in [4.78, 5) is 14.5. The Morgan fingerprint density at radius 2 is 1.75 bits per heavy atom. The second-order valence-electron chi connectivity index (χ2n) is 6.21. The van der Waals surface area contributed by atoms with Gasteiger partial charge < -0.3 is 19.1 Å². The summed E-state index contributed by atoms with van der Waals surface area (Å²) >= 11 is 0. The number of amides is 1. The molecular weight excluding hydrogens is 306 g/mol. The summed E-state index contributed by atoms with van der Waals surface area (Å²) < 4.78 is 16.2. The Hall–Kier alpha value is -1.91. The first-order chi connectivity index (χ1) is 11.6. The molecule has 0 saturated heterocycles. The third kappa shape index (κ3) is 4.56. The van der Waals surface area contributed by atoms with Gasteiger partial charge in [-0.1, -0.05) is 13.3 Å². The second kappa shape index (κ2) is 8.81. The van der Waals surface area contributed by atoms with Crippen molar-refractivity contribution < 1.29 is 19.0 Å². The molecule has 1 aromatic carbocycles. The van der Waals surface area contributed by atoms with E-state index in [0.717, 1.165) is 44.2 Å². The molecule has 134 valence electrons. The molecule has 5 heteroatoms. The summed E-state index contributed by atoms with van der Waals surface area (Å²) in [5.74, 6) is 2.19. The summed E-state index contributed by atoms with van der Waals surface area (Å²) in [5.41, 5.74) is 1.08. The van der Waals surface area contributed by atoms with E-state index in [1.54, 1.807) is 21.3 Å². The highest BCUT2D eigenvalue weighted by Crippen LogP contribution is 2.38. The lowest BCUT2D eigenvalue weighted by Crippen LogP contribution is -2.34. The Morgan fingerprint density at radius 1 is 1.12 bits per heavy atom. The van der Waals surface area contributed by atoms with Gasteiger partial charge in [0.2, 0.25) is 11.7 Å². The Bertz CT molecular complexity index is 529. The maximum absolute atomic E-state index is 12.4. The monoisotopic (exact) mass is 335 g/mol. The molecule has 1 aliphatic rings. The zero-order valence-corrected chi connectivity index (χ0v) is 15.3. The number of carbonyl (C=O) groups excluding carboxylic acids is 1. The van der Waals surface area contributed by atoms with Crippen molar-refractivity contribution in [2.45, 2.75) is 51.5 Å². The lowest BCUT2D eigenvalue weighted by Gasteiger charge is -2.23. The predicted molar refractivity (Wildman–Crippen MR) is 94.1 cm³/mol. The zero-order valence-electron chi connectivity index (χ0n) is 15.3. The molecule has 1 saturated carbocycles. The first kappa shape index (κ1) is 18.4. The van der Waals surface area contributed by atoms with E-state index in [1.165, 1.54) is 0 Å². The standard InChI is InChI=1S/C19H29NO4/c1-5-6-7-18(21)20(15-8-9-15)11-10-14-12-16(22-2)19(24-4)17(13-14)23-3/h12-13,15H,5-11H2,1-4H3. The van der Waals surface area contributed by atoms with Crippen LogP contribution in [0, 0.1) is 0 Å². The summed E-state index contributed by atoms with van der Waals surface area (Å²) in [6.07, 6.45) is 5.72. The number of methoxy groups -OCH3 is 3. The predicted octanol–water partition coefficient (Wildman–Crippen LogP) is 3.44. The van der Waals surface area contributed by atoms with Crippen LogP contribution in [0.2, 0.25) is 0 Å². The first-order valence-corrected chi connectivity index (χ1v) is 8.72. The van der Waals surface area contributed by atoms with Crippen LogP contribution in [-0.2, 0) is 11.2 Å². The van der Waals surface area contributed by atoms with Gasteiger partial charge >= 0.3 is 0 Å². The van der Waals surface area contributed by atoms with Crippen molar-refractivity contribution >= 4 is 5.91 Å². The fourth-order valence-electron chi connectivity index (χ4n) is 2.90. The molecule has 0 heterocycles. The molecule has 0 spiro atoms. The number of ether oxygens (including phenoxy) is 3. The van der Waals surface area contributed by atoms with E-state index in [-0.39, 0.29) is 5.91 Å². The highest BCUT2D eigenvalue weighted by molar-refractivity contribution is 5.76. The van der Waals surface area contributed by atoms with Gasteiger partial charge in [-0.2, -0.15) is 0 Å². The summed E-state index contributed by atoms with van der Waals surface area (Å²) in [5, 5.41) is 0. The van der Waals surface area contributed by atoms with Crippen LogP contribution in [-0.4, -0.2) is 44.7 Å². The van der Waals surface area contributed by atoms with E-state index in [9.17, 15) is 4.79 Å². The van der Waals surface area contributed by atoms with E-state index in [4.69, 9.17) is 14.2 Å². The van der Waals surface area contributed by atoms with Gasteiger partial charge in [-0.3, -0.25) is 4.79 Å². The molecule has 5 nitrogen and oxygen atoms in total. The molecule has 0 aromatic heterocycles. The Labute approximate surface area is 144 Å². The van der Waals surface area contributed by atoms with Gasteiger partial charge in [-0.25, -0.2) is 0 Å². The molecule has 0 aliphatic heterocycles. The summed E-state index contributed by atoms with van der Waals surface area (Å²) in [6, 6.07) is 4.36. The summed E-state index contributed by atoms with van der Waals surface area (Å²) in [6.45, 7) is 2.86. The van der Waals surface area contributed by atoms with E-state index in [2.05, 4.69) is 11.8 Å². The van der Waals surface area contributed by atoms with Crippen LogP contribution in [0.4, 0.5) is 0 Å². The van der Waals surface area contributed by atoms with Crippen molar-refractivity contribution in [2.24, 2.45) is 0 Å². The molecule has 0 atom stereocenters. The van der Waals surface area contributed by atoms with Gasteiger partial charge in [0.15, 0.2) is 11.5 Å². The van der Waals surface area contributed by atoms with Gasteiger partial charge in [0, 0.05) is 19.0 Å². The van der Waals surface area contributed by atoms with E-state index < -0.39 is 0 Å². The number of nitrogens with zero attached hydrogens (tertiary/aromatic N) is 1. The van der Waals surface area contributed by atoms with E-state index in [1.807, 2.05) is 12.1 Å². The quantitative estimate of drug-likeness (QED) is 0.657. The van der Waals surface area contributed by atoms with Crippen molar-refractivity contribution in [3.8, 4) is 17.2 Å². The smallest absolute Gasteiger partial charge is 0.222 e. The molecule has 24 heavy (non-hydrogen) atoms. The second-order valence-corrected chi connectivity index (χ2v) is 6.21. The fourth-order valence-corrected chi connectivity index (χ4v) is 2.90. The van der Waals surface area contributed by atoms with Crippen LogP contribution in [0.25, 0.3) is 0 Å². The molecule has 0 N–H and O–H groups in total. The Morgan fingerprint density at radius 3 is 2.21 bits per heavy atom. The number of unbranched alkanes of at least 4 members (excludes halogenated alkanes) is 1. The number of hydrogen-bond donors (Lipinski definition) is 0. The van der Waals surface area contributed by atoms with Crippen molar-refractivity contribution in [1.29, 1.82) is 0 Å². The summed E-state index contributed by atoms with van der Waals surface area (Å²) in [7, 11) is 4.83. The number of carbonyl (C=O) groups is 1. The van der Waals surface area contributed by atoms with Crippen LogP contribution in [0.1, 0.15) is 44.6 Å². The largest absolute Gasteiger partial charge is 0.493 e. The SMILES string of the molecule is CCCCC(=O)N(CCc1cc(OC)c(OC)c(OC)c1)C1CC1. The minimum absolute atomic E-state index is 0.284. The van der Waals surface area contributed by atoms with Crippen LogP contribution >= 0.6 is 0 Å². The normalized spacial score (nSPS) is 13.5. The van der Waals surface area contributed by atoms with Crippen LogP contribution in [0.5, 0.6) is 17.2 Å². The van der Waals surface area contributed by atoms with Crippen LogP contribution < -0.4 is 14.2 Å². The van der Waals surface area contributed by atoms with Gasteiger partial charge in [-0.15, -0.1) is 0 Å². The third-order valence-electron chi connectivity index (χ3n) is 4.42. The van der Waals surface area contributed by atoms with Gasteiger partial charge in [0.1, 0.15) is 0 Å².